The summed E-state index contributed by atoms with van der Waals surface area (Å²) in [6.45, 7) is 3.51. The van der Waals surface area contributed by atoms with Gasteiger partial charge in [-0.1, -0.05) is 40.1 Å². The minimum atomic E-state index is -4.88. The van der Waals surface area contributed by atoms with Gasteiger partial charge in [0.15, 0.2) is 11.0 Å². The number of halogens is 7. The van der Waals surface area contributed by atoms with E-state index in [1.54, 1.807) is 31.6 Å². The molecule has 1 aromatic heterocycles. The zero-order chi connectivity index (χ0) is 29.4. The Labute approximate surface area is 232 Å². The van der Waals surface area contributed by atoms with Crippen LogP contribution in [0.5, 0.6) is 11.5 Å². The first-order chi connectivity index (χ1) is 18.6. The van der Waals surface area contributed by atoms with Gasteiger partial charge in [-0.05, 0) is 66.9 Å². The fourth-order valence-corrected chi connectivity index (χ4v) is 5.73. The van der Waals surface area contributed by atoms with Gasteiger partial charge in [-0.3, -0.25) is 4.68 Å². The molecule has 0 bridgehead atoms. The predicted octanol–water partition coefficient (Wildman–Crippen LogP) is 7.90. The van der Waals surface area contributed by atoms with Crippen LogP contribution < -0.4 is 14.2 Å². The molecule has 4 aromatic rings. The van der Waals surface area contributed by atoms with E-state index in [4.69, 9.17) is 11.6 Å². The van der Waals surface area contributed by atoms with Crippen LogP contribution in [-0.4, -0.2) is 22.5 Å². The fourth-order valence-electron chi connectivity index (χ4n) is 3.97. The van der Waals surface area contributed by atoms with E-state index in [0.29, 0.717) is 39.3 Å². The number of hydrogen-bond acceptors (Lipinski definition) is 4. The van der Waals surface area contributed by atoms with Gasteiger partial charge in [0.1, 0.15) is 17.2 Å². The van der Waals surface area contributed by atoms with Gasteiger partial charge in [-0.2, -0.15) is 9.82 Å². The molecule has 0 aliphatic heterocycles. The van der Waals surface area contributed by atoms with E-state index in [0.717, 1.165) is 24.3 Å². The third-order valence-corrected chi connectivity index (χ3v) is 7.55. The summed E-state index contributed by atoms with van der Waals surface area (Å²) in [7, 11) is -0.684. The maximum atomic E-state index is 13.6. The second-order valence-corrected chi connectivity index (χ2v) is 10.2. The van der Waals surface area contributed by atoms with Crippen molar-refractivity contribution in [2.24, 2.45) is 7.05 Å². The van der Waals surface area contributed by atoms with Crippen LogP contribution in [0.25, 0.3) is 22.3 Å². The number of anilines is 1. The van der Waals surface area contributed by atoms with Crippen molar-refractivity contribution in [2.75, 3.05) is 4.72 Å². The summed E-state index contributed by atoms with van der Waals surface area (Å²) < 4.78 is 102. The number of hydrogen-bond donors (Lipinski definition) is 1. The van der Waals surface area contributed by atoms with Crippen LogP contribution in [0.2, 0.25) is 5.02 Å². The Kier molecular flexibility index (Phi) is 8.08. The van der Waals surface area contributed by atoms with Gasteiger partial charge in [0, 0.05) is 12.6 Å². The summed E-state index contributed by atoms with van der Waals surface area (Å²) in [5.41, 5.74) is 3.44. The zero-order valence-electron chi connectivity index (χ0n) is 21.0. The van der Waals surface area contributed by atoms with Gasteiger partial charge >= 0.3 is 12.7 Å². The number of ether oxygens (including phenoxy) is 2. The van der Waals surface area contributed by atoms with Crippen molar-refractivity contribution >= 4 is 28.3 Å². The first-order valence-corrected chi connectivity index (χ1v) is 13.0. The van der Waals surface area contributed by atoms with E-state index >= 15 is 0 Å². The molecular weight excluding hydrogens is 584 g/mol. The maximum absolute atomic E-state index is 13.6. The minimum Gasteiger partial charge on any atom is -0.406 e. The van der Waals surface area contributed by atoms with Crippen LogP contribution in [0.3, 0.4) is 0 Å². The SMILES string of the molecule is Cc1nn(C)c(C)c1N[SH+](=O)c1c(Cl)cc(-c2ccc(OC(F)(F)F)cc2)cc1-c1ccc(OC(F)(F)F)cc1. The highest BCUT2D eigenvalue weighted by molar-refractivity contribution is 7.86. The Morgan fingerprint density at radius 1 is 0.825 bits per heavy atom. The number of alkyl halides is 6. The summed E-state index contributed by atoms with van der Waals surface area (Å²) in [6, 6.07) is 13.0. The number of thiol groups is 1. The smallest absolute Gasteiger partial charge is 0.406 e. The molecule has 1 unspecified atom stereocenters. The quantitative estimate of drug-likeness (QED) is 0.132. The molecule has 0 saturated heterocycles. The van der Waals surface area contributed by atoms with E-state index in [-0.39, 0.29) is 9.92 Å². The second-order valence-electron chi connectivity index (χ2n) is 8.57. The number of rotatable bonds is 7. The molecule has 6 nitrogen and oxygen atoms in total. The largest absolute Gasteiger partial charge is 0.573 e. The van der Waals surface area contributed by atoms with E-state index in [1.807, 2.05) is 0 Å². The van der Waals surface area contributed by atoms with Gasteiger partial charge in [-0.15, -0.1) is 26.3 Å². The van der Waals surface area contributed by atoms with E-state index in [1.165, 1.54) is 30.3 Å². The molecule has 40 heavy (non-hydrogen) atoms. The highest BCUT2D eigenvalue weighted by Gasteiger charge is 2.32. The number of benzene rings is 3. The van der Waals surface area contributed by atoms with Crippen LogP contribution in [-0.2, 0) is 22.2 Å². The van der Waals surface area contributed by atoms with E-state index in [9.17, 15) is 30.6 Å². The van der Waals surface area contributed by atoms with Gasteiger partial charge in [-0.25, -0.2) is 0 Å². The van der Waals surface area contributed by atoms with Gasteiger partial charge in [0.2, 0.25) is 4.90 Å². The molecule has 1 heterocycles. The van der Waals surface area contributed by atoms with Crippen LogP contribution >= 0.6 is 11.6 Å². The number of aryl methyl sites for hydroxylation is 2. The minimum absolute atomic E-state index is 0.0616. The van der Waals surface area contributed by atoms with Crippen molar-refractivity contribution in [2.45, 2.75) is 31.5 Å². The topological polar surface area (TPSA) is 65.4 Å². The Morgan fingerprint density at radius 3 is 1.77 bits per heavy atom. The highest BCUT2D eigenvalue weighted by Crippen LogP contribution is 2.39. The monoisotopic (exact) mass is 604 g/mol. The van der Waals surface area contributed by atoms with Crippen molar-refractivity contribution in [3.63, 3.8) is 0 Å². The summed E-state index contributed by atoms with van der Waals surface area (Å²) in [5, 5.41) is 4.35. The molecule has 0 fully saturated rings. The molecule has 0 aliphatic carbocycles. The summed E-state index contributed by atoms with van der Waals surface area (Å²) >= 11 is 6.63. The molecule has 0 amide bonds. The van der Waals surface area contributed by atoms with E-state index in [2.05, 4.69) is 19.3 Å². The van der Waals surface area contributed by atoms with Crippen molar-refractivity contribution in [1.29, 1.82) is 0 Å². The van der Waals surface area contributed by atoms with Crippen LogP contribution in [0.15, 0.2) is 65.6 Å². The summed E-state index contributed by atoms with van der Waals surface area (Å²) in [4.78, 5) is 0.171. The highest BCUT2D eigenvalue weighted by atomic mass is 35.5. The van der Waals surface area contributed by atoms with Crippen LogP contribution in [0.1, 0.15) is 11.4 Å². The third-order valence-electron chi connectivity index (χ3n) is 5.81. The van der Waals surface area contributed by atoms with Gasteiger partial charge in [0.25, 0.3) is 0 Å². The normalized spacial score (nSPS) is 12.8. The molecule has 1 N–H and O–H groups in total. The molecule has 4 rings (SSSR count). The van der Waals surface area contributed by atoms with Crippen LogP contribution in [0, 0.1) is 13.8 Å². The van der Waals surface area contributed by atoms with Crippen molar-refractivity contribution in [1.82, 2.24) is 9.78 Å². The van der Waals surface area contributed by atoms with Crippen molar-refractivity contribution in [3.05, 3.63) is 77.1 Å². The van der Waals surface area contributed by atoms with Crippen LogP contribution in [0.4, 0.5) is 32.0 Å². The first kappa shape index (κ1) is 29.3. The average Bonchev–Trinajstić information content (AvgIpc) is 3.08. The number of nitrogens with one attached hydrogen (secondary N) is 1. The van der Waals surface area contributed by atoms with E-state index < -0.39 is 35.2 Å². The molecule has 0 saturated carbocycles. The first-order valence-electron chi connectivity index (χ1n) is 11.4. The molecule has 0 radical (unpaired) electrons. The lowest BCUT2D eigenvalue weighted by Gasteiger charge is -2.14. The molecular formula is C26H21ClF6N3O3S+. The standard InChI is InChI=1S/C26H20ClF6N3O3S/c1-14-23(15(2)36(3)34-14)35-40(37)24-21(17-6-10-20(11-7-17)39-26(31,32)33)12-18(13-22(24)27)16-4-8-19(9-5-16)38-25(28,29)30/h4-13H,1-3H3,(H,35,37)/p+1. The van der Waals surface area contributed by atoms with Crippen molar-refractivity contribution < 1.29 is 40.0 Å². The fraction of sp³-hybridized carbons (Fsp3) is 0.192. The molecule has 212 valence electrons. The number of nitrogens with zero attached hydrogens (tertiary/aromatic N) is 2. The second kappa shape index (κ2) is 11.0. The lowest BCUT2D eigenvalue weighted by atomic mass is 9.98. The molecule has 0 spiro atoms. The zero-order valence-corrected chi connectivity index (χ0v) is 22.6. The predicted molar refractivity (Wildman–Crippen MR) is 140 cm³/mol. The number of aromatic nitrogens is 2. The van der Waals surface area contributed by atoms with Gasteiger partial charge in [0.05, 0.1) is 16.4 Å². The maximum Gasteiger partial charge on any atom is 0.573 e. The Bertz CT molecular complexity index is 1550. The summed E-state index contributed by atoms with van der Waals surface area (Å²) in [6.07, 6.45) is -9.74. The third kappa shape index (κ3) is 6.89. The Balaban J connectivity index is 1.79. The Morgan fingerprint density at radius 2 is 1.32 bits per heavy atom. The summed E-state index contributed by atoms with van der Waals surface area (Å²) in [5.74, 6) is -0.877. The Hall–Kier alpha value is -3.71. The molecule has 1 atom stereocenters. The van der Waals surface area contributed by atoms with Gasteiger partial charge < -0.3 is 9.47 Å². The van der Waals surface area contributed by atoms with Crippen molar-refractivity contribution in [3.8, 4) is 33.8 Å². The molecule has 14 heteroatoms. The molecule has 0 aliphatic rings. The lowest BCUT2D eigenvalue weighted by Crippen LogP contribution is -2.16. The molecule has 3 aromatic carbocycles. The average molecular weight is 605 g/mol. The lowest BCUT2D eigenvalue weighted by molar-refractivity contribution is -0.275.